The van der Waals surface area contributed by atoms with Crippen molar-refractivity contribution in [3.05, 3.63) is 65.5 Å². The van der Waals surface area contributed by atoms with Gasteiger partial charge in [-0.3, -0.25) is 9.59 Å². The molecule has 0 aromatic heterocycles. The Kier molecular flexibility index (Phi) is 5.12. The van der Waals surface area contributed by atoms with Gasteiger partial charge in [0.1, 0.15) is 5.82 Å². The van der Waals surface area contributed by atoms with Crippen LogP contribution in [0, 0.1) is 11.7 Å². The first-order valence-electron chi connectivity index (χ1n) is 8.46. The molecule has 0 radical (unpaired) electrons. The highest BCUT2D eigenvalue weighted by molar-refractivity contribution is 5.96. The average molecular weight is 340 g/mol. The third-order valence-electron chi connectivity index (χ3n) is 4.58. The van der Waals surface area contributed by atoms with E-state index in [9.17, 15) is 14.0 Å². The van der Waals surface area contributed by atoms with Crippen LogP contribution in [-0.4, -0.2) is 11.8 Å². The molecule has 2 aromatic carbocycles. The standard InChI is InChI=1S/C20H21FN2O2/c1-13(14-6-9-17(21)10-7-14)22-19(24)11-8-16-12-15-4-2-3-5-18(15)23-20(16)25/h2-7,9-10,13,16H,8,11-12H2,1H3,(H,22,24)(H,23,25)/t13-,16-/m1/s1. The number of nitrogens with one attached hydrogen (secondary N) is 2. The van der Waals surface area contributed by atoms with Crippen molar-refractivity contribution in [2.45, 2.75) is 32.2 Å². The van der Waals surface area contributed by atoms with Gasteiger partial charge in [0.25, 0.3) is 0 Å². The number of fused-ring (bicyclic) bond motifs is 1. The molecule has 1 aliphatic heterocycles. The molecular weight excluding hydrogens is 319 g/mol. The molecule has 1 heterocycles. The Labute approximate surface area is 146 Å². The van der Waals surface area contributed by atoms with Gasteiger partial charge in [-0.25, -0.2) is 4.39 Å². The number of para-hydroxylation sites is 1. The molecule has 0 spiro atoms. The van der Waals surface area contributed by atoms with Gasteiger partial charge in [-0.1, -0.05) is 30.3 Å². The maximum absolute atomic E-state index is 13.0. The van der Waals surface area contributed by atoms with E-state index in [2.05, 4.69) is 10.6 Å². The van der Waals surface area contributed by atoms with E-state index in [0.29, 0.717) is 12.8 Å². The Morgan fingerprint density at radius 1 is 1.24 bits per heavy atom. The predicted molar refractivity (Wildman–Crippen MR) is 94.5 cm³/mol. The molecule has 0 bridgehead atoms. The van der Waals surface area contributed by atoms with Crippen LogP contribution < -0.4 is 10.6 Å². The van der Waals surface area contributed by atoms with E-state index in [0.717, 1.165) is 16.8 Å². The summed E-state index contributed by atoms with van der Waals surface area (Å²) >= 11 is 0. The van der Waals surface area contributed by atoms with Crippen molar-refractivity contribution in [3.8, 4) is 0 Å². The minimum absolute atomic E-state index is 0.0296. The van der Waals surface area contributed by atoms with Crippen molar-refractivity contribution < 1.29 is 14.0 Å². The predicted octanol–water partition coefficient (Wildman–Crippen LogP) is 3.59. The van der Waals surface area contributed by atoms with Crippen molar-refractivity contribution in [2.24, 2.45) is 5.92 Å². The minimum Gasteiger partial charge on any atom is -0.350 e. The summed E-state index contributed by atoms with van der Waals surface area (Å²) < 4.78 is 13.0. The van der Waals surface area contributed by atoms with Crippen molar-refractivity contribution in [1.82, 2.24) is 5.32 Å². The van der Waals surface area contributed by atoms with Gasteiger partial charge in [-0.2, -0.15) is 0 Å². The number of amides is 2. The number of carbonyl (C=O) groups is 2. The lowest BCUT2D eigenvalue weighted by atomic mass is 9.89. The van der Waals surface area contributed by atoms with Crippen LogP contribution >= 0.6 is 0 Å². The number of halogens is 1. The second-order valence-electron chi connectivity index (χ2n) is 6.43. The van der Waals surface area contributed by atoms with Gasteiger partial charge < -0.3 is 10.6 Å². The summed E-state index contributed by atoms with van der Waals surface area (Å²) in [5, 5.41) is 5.80. The van der Waals surface area contributed by atoms with E-state index in [1.807, 2.05) is 31.2 Å². The van der Waals surface area contributed by atoms with Gasteiger partial charge in [0.2, 0.25) is 11.8 Å². The molecule has 0 saturated heterocycles. The maximum atomic E-state index is 13.0. The largest absolute Gasteiger partial charge is 0.350 e. The summed E-state index contributed by atoms with van der Waals surface area (Å²) in [6.07, 6.45) is 1.44. The van der Waals surface area contributed by atoms with Crippen LogP contribution in [-0.2, 0) is 16.0 Å². The molecule has 2 N–H and O–H groups in total. The van der Waals surface area contributed by atoms with E-state index >= 15 is 0 Å². The third kappa shape index (κ3) is 4.24. The minimum atomic E-state index is -0.300. The smallest absolute Gasteiger partial charge is 0.227 e. The van der Waals surface area contributed by atoms with Crippen LogP contribution in [0.25, 0.3) is 0 Å². The lowest BCUT2D eigenvalue weighted by molar-refractivity contribution is -0.123. The summed E-state index contributed by atoms with van der Waals surface area (Å²) in [4.78, 5) is 24.3. The van der Waals surface area contributed by atoms with Gasteiger partial charge in [-0.15, -0.1) is 0 Å². The first kappa shape index (κ1) is 17.1. The summed E-state index contributed by atoms with van der Waals surface area (Å²) in [7, 11) is 0. The Bertz CT molecular complexity index is 774. The van der Waals surface area contributed by atoms with Gasteiger partial charge in [-0.05, 0) is 49.1 Å². The van der Waals surface area contributed by atoms with Gasteiger partial charge >= 0.3 is 0 Å². The lowest BCUT2D eigenvalue weighted by Gasteiger charge is -2.24. The molecule has 130 valence electrons. The number of hydrogen-bond acceptors (Lipinski definition) is 2. The number of carbonyl (C=O) groups excluding carboxylic acids is 2. The van der Waals surface area contributed by atoms with E-state index in [4.69, 9.17) is 0 Å². The maximum Gasteiger partial charge on any atom is 0.227 e. The molecule has 0 saturated carbocycles. The third-order valence-corrected chi connectivity index (χ3v) is 4.58. The summed E-state index contributed by atoms with van der Waals surface area (Å²) in [5.74, 6) is -0.630. The summed E-state index contributed by atoms with van der Waals surface area (Å²) in [5.41, 5.74) is 2.81. The van der Waals surface area contributed by atoms with Crippen molar-refractivity contribution in [1.29, 1.82) is 0 Å². The Hall–Kier alpha value is -2.69. The normalized spacial score (nSPS) is 17.4. The van der Waals surface area contributed by atoms with E-state index < -0.39 is 0 Å². The molecule has 2 atom stereocenters. The molecular formula is C20H21FN2O2. The SMILES string of the molecule is C[C@@H](NC(=O)CC[C@@H]1Cc2ccccc2NC1=O)c1ccc(F)cc1. The zero-order valence-electron chi connectivity index (χ0n) is 14.1. The van der Waals surface area contributed by atoms with Gasteiger partial charge in [0.15, 0.2) is 0 Å². The molecule has 2 amide bonds. The van der Waals surface area contributed by atoms with Crippen molar-refractivity contribution in [3.63, 3.8) is 0 Å². The van der Waals surface area contributed by atoms with Crippen LogP contribution in [0.5, 0.6) is 0 Å². The van der Waals surface area contributed by atoms with Crippen LogP contribution in [0.3, 0.4) is 0 Å². The van der Waals surface area contributed by atoms with Crippen LogP contribution in [0.15, 0.2) is 48.5 Å². The second kappa shape index (κ2) is 7.47. The zero-order valence-corrected chi connectivity index (χ0v) is 14.1. The topological polar surface area (TPSA) is 58.2 Å². The van der Waals surface area contributed by atoms with Gasteiger partial charge in [0, 0.05) is 18.0 Å². The monoisotopic (exact) mass is 340 g/mol. The summed E-state index contributed by atoms with van der Waals surface area (Å²) in [6.45, 7) is 1.86. The molecule has 4 nitrogen and oxygen atoms in total. The molecule has 1 aliphatic rings. The highest BCUT2D eigenvalue weighted by atomic mass is 19.1. The van der Waals surface area contributed by atoms with Crippen LogP contribution in [0.2, 0.25) is 0 Å². The molecule has 5 heteroatoms. The van der Waals surface area contributed by atoms with Crippen LogP contribution in [0.4, 0.5) is 10.1 Å². The number of benzene rings is 2. The fourth-order valence-electron chi connectivity index (χ4n) is 3.10. The number of rotatable bonds is 5. The van der Waals surface area contributed by atoms with E-state index in [1.54, 1.807) is 12.1 Å². The van der Waals surface area contributed by atoms with Crippen LogP contribution in [0.1, 0.15) is 36.9 Å². The molecule has 0 aliphatic carbocycles. The first-order valence-corrected chi connectivity index (χ1v) is 8.46. The molecule has 2 aromatic rings. The van der Waals surface area contributed by atoms with E-state index in [1.165, 1.54) is 12.1 Å². The van der Waals surface area contributed by atoms with Crippen molar-refractivity contribution >= 4 is 17.5 Å². The second-order valence-corrected chi connectivity index (χ2v) is 6.43. The highest BCUT2D eigenvalue weighted by Crippen LogP contribution is 2.27. The fourth-order valence-corrected chi connectivity index (χ4v) is 3.10. The number of hydrogen-bond donors (Lipinski definition) is 2. The Morgan fingerprint density at radius 2 is 1.96 bits per heavy atom. The van der Waals surface area contributed by atoms with Crippen molar-refractivity contribution in [2.75, 3.05) is 5.32 Å². The molecule has 0 unspecified atom stereocenters. The molecule has 25 heavy (non-hydrogen) atoms. The summed E-state index contributed by atoms with van der Waals surface area (Å²) in [6, 6.07) is 13.6. The molecule has 0 fully saturated rings. The average Bonchev–Trinajstić information content (AvgIpc) is 2.60. The first-order chi connectivity index (χ1) is 12.0. The van der Waals surface area contributed by atoms with Gasteiger partial charge in [0.05, 0.1) is 6.04 Å². The van der Waals surface area contributed by atoms with E-state index in [-0.39, 0.29) is 36.0 Å². The highest BCUT2D eigenvalue weighted by Gasteiger charge is 2.26. The number of anilines is 1. The molecule has 3 rings (SSSR count). The lowest BCUT2D eigenvalue weighted by Crippen LogP contribution is -2.32. The fraction of sp³-hybridized carbons (Fsp3) is 0.300. The zero-order chi connectivity index (χ0) is 17.8. The quantitative estimate of drug-likeness (QED) is 0.874. The Morgan fingerprint density at radius 3 is 2.72 bits per heavy atom. The Balaban J connectivity index is 1.52.